The second-order valence-corrected chi connectivity index (χ2v) is 5.93. The number of nitrogens with zero attached hydrogens (tertiary/aromatic N) is 3. The smallest absolute Gasteiger partial charge is 0.284 e. The molecule has 0 aliphatic heterocycles. The summed E-state index contributed by atoms with van der Waals surface area (Å²) in [5.74, 6) is 0. The molecule has 2 heterocycles. The normalized spacial score (nSPS) is 11.2. The summed E-state index contributed by atoms with van der Waals surface area (Å²) in [4.78, 5) is 17.5. The van der Waals surface area contributed by atoms with Crippen LogP contribution >= 0.6 is 12.2 Å². The first-order chi connectivity index (χ1) is 11.7. The van der Waals surface area contributed by atoms with Gasteiger partial charge in [-0.3, -0.25) is 4.57 Å². The van der Waals surface area contributed by atoms with Crippen molar-refractivity contribution in [1.29, 1.82) is 0 Å². The fourth-order valence-corrected chi connectivity index (χ4v) is 3.45. The SMILES string of the molecule is CCn1c(=S)c2cccnc2n(-c2cccc3ccccc23)c1=O. The summed E-state index contributed by atoms with van der Waals surface area (Å²) in [5, 5.41) is 2.90. The Morgan fingerprint density at radius 3 is 2.58 bits per heavy atom. The van der Waals surface area contributed by atoms with Crippen LogP contribution in [0.3, 0.4) is 0 Å². The van der Waals surface area contributed by atoms with Gasteiger partial charge in [-0.2, -0.15) is 0 Å². The molecule has 0 bridgehead atoms. The van der Waals surface area contributed by atoms with Crippen molar-refractivity contribution in [3.63, 3.8) is 0 Å². The second-order valence-electron chi connectivity index (χ2n) is 5.54. The quantitative estimate of drug-likeness (QED) is 0.519. The van der Waals surface area contributed by atoms with Crippen molar-refractivity contribution < 1.29 is 0 Å². The van der Waals surface area contributed by atoms with Gasteiger partial charge >= 0.3 is 5.69 Å². The highest BCUT2D eigenvalue weighted by atomic mass is 32.1. The number of benzene rings is 2. The Hall–Kier alpha value is -2.79. The standard InChI is InChI=1S/C19H15N3OS/c1-2-21-18(24)15-10-6-12-20-17(15)22(19(21)23)16-11-5-8-13-7-3-4-9-14(13)16/h3-12H,2H2,1H3. The zero-order valence-corrected chi connectivity index (χ0v) is 14.0. The molecular weight excluding hydrogens is 318 g/mol. The van der Waals surface area contributed by atoms with Crippen LogP contribution in [0.25, 0.3) is 27.5 Å². The van der Waals surface area contributed by atoms with Crippen molar-refractivity contribution in [2.45, 2.75) is 13.5 Å². The van der Waals surface area contributed by atoms with Gasteiger partial charge in [-0.15, -0.1) is 0 Å². The van der Waals surface area contributed by atoms with Gasteiger partial charge in [0.25, 0.3) is 0 Å². The van der Waals surface area contributed by atoms with E-state index in [1.807, 2.05) is 61.5 Å². The Bertz CT molecular complexity index is 1190. The van der Waals surface area contributed by atoms with E-state index in [0.717, 1.165) is 21.8 Å². The molecule has 0 N–H and O–H groups in total. The molecule has 118 valence electrons. The molecule has 2 aromatic heterocycles. The van der Waals surface area contributed by atoms with Crippen LogP contribution in [0, 0.1) is 4.64 Å². The van der Waals surface area contributed by atoms with Gasteiger partial charge in [0, 0.05) is 18.1 Å². The van der Waals surface area contributed by atoms with Crippen molar-refractivity contribution in [2.75, 3.05) is 0 Å². The van der Waals surface area contributed by atoms with Crippen LogP contribution in [0.2, 0.25) is 0 Å². The number of hydrogen-bond donors (Lipinski definition) is 0. The van der Waals surface area contributed by atoms with Crippen molar-refractivity contribution in [3.05, 3.63) is 75.9 Å². The molecule has 0 saturated carbocycles. The minimum absolute atomic E-state index is 0.162. The number of aromatic nitrogens is 3. The Kier molecular flexibility index (Phi) is 3.50. The van der Waals surface area contributed by atoms with Gasteiger partial charge < -0.3 is 0 Å². The van der Waals surface area contributed by atoms with Crippen LogP contribution in [0.15, 0.2) is 65.6 Å². The molecule has 0 fully saturated rings. The van der Waals surface area contributed by atoms with Gasteiger partial charge in [-0.05, 0) is 30.5 Å². The van der Waals surface area contributed by atoms with Crippen molar-refractivity contribution in [1.82, 2.24) is 14.1 Å². The van der Waals surface area contributed by atoms with E-state index in [2.05, 4.69) is 4.98 Å². The molecule has 0 spiro atoms. The lowest BCUT2D eigenvalue weighted by Crippen LogP contribution is -2.30. The molecule has 0 aliphatic rings. The third-order valence-electron chi connectivity index (χ3n) is 4.22. The van der Waals surface area contributed by atoms with E-state index >= 15 is 0 Å². The molecule has 4 nitrogen and oxygen atoms in total. The van der Waals surface area contributed by atoms with E-state index in [1.54, 1.807) is 15.3 Å². The van der Waals surface area contributed by atoms with Crippen molar-refractivity contribution in [2.24, 2.45) is 0 Å². The molecule has 0 unspecified atom stereocenters. The molecule has 0 saturated heterocycles. The molecule has 0 amide bonds. The van der Waals surface area contributed by atoms with Crippen molar-refractivity contribution in [3.8, 4) is 5.69 Å². The molecule has 0 radical (unpaired) electrons. The predicted molar refractivity (Wildman–Crippen MR) is 99.3 cm³/mol. The Labute approximate surface area is 143 Å². The monoisotopic (exact) mass is 333 g/mol. The van der Waals surface area contributed by atoms with Crippen LogP contribution in [-0.2, 0) is 6.54 Å². The number of rotatable bonds is 2. The first kappa shape index (κ1) is 14.8. The lowest BCUT2D eigenvalue weighted by atomic mass is 10.1. The third kappa shape index (κ3) is 2.09. The van der Waals surface area contributed by atoms with Crippen LogP contribution < -0.4 is 5.69 Å². The zero-order valence-electron chi connectivity index (χ0n) is 13.1. The topological polar surface area (TPSA) is 39.8 Å². The van der Waals surface area contributed by atoms with Gasteiger partial charge in [0.1, 0.15) is 4.64 Å². The minimum atomic E-state index is -0.162. The molecule has 2 aromatic carbocycles. The maximum Gasteiger partial charge on any atom is 0.335 e. The van der Waals surface area contributed by atoms with Crippen LogP contribution in [-0.4, -0.2) is 14.1 Å². The Morgan fingerprint density at radius 1 is 1.00 bits per heavy atom. The minimum Gasteiger partial charge on any atom is -0.284 e. The number of fused-ring (bicyclic) bond motifs is 2. The van der Waals surface area contributed by atoms with E-state index in [-0.39, 0.29) is 5.69 Å². The highest BCUT2D eigenvalue weighted by molar-refractivity contribution is 7.71. The second kappa shape index (κ2) is 5.69. The largest absolute Gasteiger partial charge is 0.335 e. The molecule has 5 heteroatoms. The first-order valence-corrected chi connectivity index (χ1v) is 8.22. The summed E-state index contributed by atoms with van der Waals surface area (Å²) in [6.45, 7) is 2.44. The predicted octanol–water partition coefficient (Wildman–Crippen LogP) is 4.09. The first-order valence-electron chi connectivity index (χ1n) is 7.81. The summed E-state index contributed by atoms with van der Waals surface area (Å²) < 4.78 is 3.81. The average molecular weight is 333 g/mol. The maximum atomic E-state index is 13.1. The molecule has 4 rings (SSSR count). The summed E-state index contributed by atoms with van der Waals surface area (Å²) in [6, 6.07) is 17.7. The molecule has 0 atom stereocenters. The van der Waals surface area contributed by atoms with Crippen LogP contribution in [0.1, 0.15) is 6.92 Å². The molecule has 24 heavy (non-hydrogen) atoms. The lowest BCUT2D eigenvalue weighted by molar-refractivity contribution is 0.674. The fraction of sp³-hybridized carbons (Fsp3) is 0.105. The van der Waals surface area contributed by atoms with E-state index < -0.39 is 0 Å². The van der Waals surface area contributed by atoms with Gasteiger partial charge in [0.05, 0.1) is 11.1 Å². The van der Waals surface area contributed by atoms with Crippen molar-refractivity contribution >= 4 is 34.0 Å². The van der Waals surface area contributed by atoms with E-state index in [4.69, 9.17) is 12.2 Å². The number of pyridine rings is 1. The summed E-state index contributed by atoms with van der Waals surface area (Å²) >= 11 is 5.50. The summed E-state index contributed by atoms with van der Waals surface area (Å²) in [7, 11) is 0. The maximum absolute atomic E-state index is 13.1. The highest BCUT2D eigenvalue weighted by Gasteiger charge is 2.14. The number of hydrogen-bond acceptors (Lipinski definition) is 3. The average Bonchev–Trinajstić information content (AvgIpc) is 2.62. The lowest BCUT2D eigenvalue weighted by Gasteiger charge is -2.15. The van der Waals surface area contributed by atoms with E-state index in [1.165, 1.54) is 0 Å². The van der Waals surface area contributed by atoms with Crippen LogP contribution in [0.4, 0.5) is 0 Å². The Morgan fingerprint density at radius 2 is 1.75 bits per heavy atom. The fourth-order valence-electron chi connectivity index (χ4n) is 3.08. The third-order valence-corrected chi connectivity index (χ3v) is 4.66. The summed E-state index contributed by atoms with van der Waals surface area (Å²) in [5.41, 5.74) is 1.25. The zero-order chi connectivity index (χ0) is 16.7. The molecule has 4 aromatic rings. The van der Waals surface area contributed by atoms with Gasteiger partial charge in [-0.1, -0.05) is 48.6 Å². The van der Waals surface area contributed by atoms with E-state index in [0.29, 0.717) is 16.8 Å². The van der Waals surface area contributed by atoms with Gasteiger partial charge in [-0.25, -0.2) is 14.3 Å². The van der Waals surface area contributed by atoms with Gasteiger partial charge in [0.15, 0.2) is 5.65 Å². The van der Waals surface area contributed by atoms with Crippen LogP contribution in [0.5, 0.6) is 0 Å². The summed E-state index contributed by atoms with van der Waals surface area (Å²) in [6.07, 6.45) is 1.69. The molecule has 0 aliphatic carbocycles. The molecular formula is C19H15N3OS. The van der Waals surface area contributed by atoms with E-state index in [9.17, 15) is 4.79 Å². The Balaban J connectivity index is 2.25. The highest BCUT2D eigenvalue weighted by Crippen LogP contribution is 2.23. The van der Waals surface area contributed by atoms with Gasteiger partial charge in [0.2, 0.25) is 0 Å².